The SMILES string of the molecule is CCN1CCN(C(=O)C2C3C(=O)N(C4CCCCCC4)C[C@@]34C=C[C@@H]2O4)CC1=O. The minimum absolute atomic E-state index is 0.0146. The number of fused-ring (bicyclic) bond motifs is 1. The summed E-state index contributed by atoms with van der Waals surface area (Å²) in [6, 6.07) is 0.270. The van der Waals surface area contributed by atoms with Gasteiger partial charge < -0.3 is 19.4 Å². The topological polar surface area (TPSA) is 70.2 Å². The highest BCUT2D eigenvalue weighted by Gasteiger charge is 2.67. The summed E-state index contributed by atoms with van der Waals surface area (Å²) >= 11 is 0. The Morgan fingerprint density at radius 3 is 2.62 bits per heavy atom. The summed E-state index contributed by atoms with van der Waals surface area (Å²) in [5.41, 5.74) is -0.649. The van der Waals surface area contributed by atoms with E-state index in [9.17, 15) is 14.4 Å². The second-order valence-electron chi connectivity index (χ2n) is 9.24. The number of likely N-dealkylation sites (tertiary alicyclic amines) is 1. The quantitative estimate of drug-likeness (QED) is 0.526. The molecule has 5 aliphatic rings. The van der Waals surface area contributed by atoms with Gasteiger partial charge in [0.2, 0.25) is 17.7 Å². The second kappa shape index (κ2) is 7.11. The van der Waals surface area contributed by atoms with Gasteiger partial charge in [-0.25, -0.2) is 0 Å². The largest absolute Gasteiger partial charge is 0.360 e. The van der Waals surface area contributed by atoms with E-state index in [1.807, 2.05) is 24.0 Å². The van der Waals surface area contributed by atoms with Gasteiger partial charge in [-0.2, -0.15) is 0 Å². The van der Waals surface area contributed by atoms with Crippen molar-refractivity contribution in [3.63, 3.8) is 0 Å². The Balaban J connectivity index is 1.36. The van der Waals surface area contributed by atoms with Crippen molar-refractivity contribution >= 4 is 17.7 Å². The molecule has 0 N–H and O–H groups in total. The molecular formula is C22H31N3O4. The molecule has 4 aliphatic heterocycles. The molecule has 0 aromatic heterocycles. The molecule has 2 unspecified atom stereocenters. The average Bonchev–Trinajstić information content (AvgIpc) is 3.27. The Hall–Kier alpha value is -1.89. The first-order valence-corrected chi connectivity index (χ1v) is 11.3. The van der Waals surface area contributed by atoms with Crippen molar-refractivity contribution in [3.8, 4) is 0 Å². The molecular weight excluding hydrogens is 370 g/mol. The number of carbonyl (C=O) groups excluding carboxylic acids is 3. The molecule has 3 saturated heterocycles. The number of hydrogen-bond donors (Lipinski definition) is 0. The van der Waals surface area contributed by atoms with Gasteiger partial charge in [0.15, 0.2) is 0 Å². The van der Waals surface area contributed by atoms with Crippen LogP contribution in [0.1, 0.15) is 45.4 Å². The van der Waals surface area contributed by atoms with E-state index in [1.54, 1.807) is 9.80 Å². The Kier molecular flexibility index (Phi) is 4.68. The van der Waals surface area contributed by atoms with Crippen LogP contribution >= 0.6 is 0 Å². The van der Waals surface area contributed by atoms with E-state index in [-0.39, 0.29) is 36.4 Å². The third kappa shape index (κ3) is 2.92. The molecule has 4 heterocycles. The molecule has 0 radical (unpaired) electrons. The second-order valence-corrected chi connectivity index (χ2v) is 9.24. The van der Waals surface area contributed by atoms with Gasteiger partial charge in [0, 0.05) is 25.7 Å². The van der Waals surface area contributed by atoms with Crippen LogP contribution in [0.4, 0.5) is 0 Å². The van der Waals surface area contributed by atoms with Gasteiger partial charge in [-0.1, -0.05) is 37.8 Å². The van der Waals surface area contributed by atoms with Gasteiger partial charge >= 0.3 is 0 Å². The molecule has 4 fully saturated rings. The van der Waals surface area contributed by atoms with Gasteiger partial charge in [-0.05, 0) is 19.8 Å². The zero-order valence-electron chi connectivity index (χ0n) is 17.2. The van der Waals surface area contributed by atoms with Crippen LogP contribution in [0.5, 0.6) is 0 Å². The minimum Gasteiger partial charge on any atom is -0.360 e. The van der Waals surface area contributed by atoms with Crippen LogP contribution in [0.3, 0.4) is 0 Å². The Morgan fingerprint density at radius 2 is 1.93 bits per heavy atom. The Morgan fingerprint density at radius 1 is 1.17 bits per heavy atom. The highest BCUT2D eigenvalue weighted by Crippen LogP contribution is 2.53. The van der Waals surface area contributed by atoms with E-state index in [0.717, 1.165) is 25.7 Å². The summed E-state index contributed by atoms with van der Waals surface area (Å²) in [6.07, 6.45) is 10.6. The third-order valence-electron chi connectivity index (χ3n) is 7.69. The van der Waals surface area contributed by atoms with Gasteiger partial charge in [0.25, 0.3) is 0 Å². The van der Waals surface area contributed by atoms with Crippen LogP contribution in [-0.4, -0.2) is 82.9 Å². The first-order valence-electron chi connectivity index (χ1n) is 11.3. The van der Waals surface area contributed by atoms with Crippen molar-refractivity contribution in [2.24, 2.45) is 11.8 Å². The predicted octanol–water partition coefficient (Wildman–Crippen LogP) is 1.18. The van der Waals surface area contributed by atoms with Gasteiger partial charge in [0.05, 0.1) is 31.0 Å². The summed E-state index contributed by atoms with van der Waals surface area (Å²) in [5.74, 6) is -0.955. The molecule has 1 saturated carbocycles. The Bertz CT molecular complexity index is 744. The van der Waals surface area contributed by atoms with Crippen molar-refractivity contribution in [2.75, 3.05) is 32.7 Å². The van der Waals surface area contributed by atoms with Gasteiger partial charge in [-0.15, -0.1) is 0 Å². The lowest BCUT2D eigenvalue weighted by Gasteiger charge is -2.36. The van der Waals surface area contributed by atoms with Crippen LogP contribution in [0, 0.1) is 11.8 Å². The van der Waals surface area contributed by atoms with E-state index in [0.29, 0.717) is 26.2 Å². The fraction of sp³-hybridized carbons (Fsp3) is 0.773. The number of piperazine rings is 1. The molecule has 1 aliphatic carbocycles. The van der Waals surface area contributed by atoms with E-state index < -0.39 is 17.4 Å². The molecule has 4 atom stereocenters. The molecule has 29 heavy (non-hydrogen) atoms. The maximum absolute atomic E-state index is 13.5. The van der Waals surface area contributed by atoms with Crippen LogP contribution in [0.15, 0.2) is 12.2 Å². The highest BCUT2D eigenvalue weighted by atomic mass is 16.5. The highest BCUT2D eigenvalue weighted by molar-refractivity contribution is 5.94. The number of ether oxygens (including phenoxy) is 1. The number of rotatable bonds is 3. The number of carbonyl (C=O) groups is 3. The van der Waals surface area contributed by atoms with Gasteiger partial charge in [0.1, 0.15) is 5.60 Å². The smallest absolute Gasteiger partial charge is 0.242 e. The maximum atomic E-state index is 13.5. The van der Waals surface area contributed by atoms with Crippen molar-refractivity contribution in [2.45, 2.75) is 63.2 Å². The minimum atomic E-state index is -0.649. The standard InChI is InChI=1S/C22H31N3O4/c1-2-23-11-12-24(13-17(23)26)20(27)18-16-9-10-22(29-16)14-25(21(28)19(18)22)15-7-5-3-4-6-8-15/h9-10,15-16,18-19H,2-8,11-14H2,1H3/t16-,18?,19?,22-/m0/s1. The summed E-state index contributed by atoms with van der Waals surface area (Å²) in [7, 11) is 0. The summed E-state index contributed by atoms with van der Waals surface area (Å²) in [5, 5.41) is 0. The van der Waals surface area contributed by atoms with E-state index in [1.165, 1.54) is 12.8 Å². The van der Waals surface area contributed by atoms with Crippen molar-refractivity contribution in [1.29, 1.82) is 0 Å². The Labute approximate surface area is 172 Å². The fourth-order valence-electron chi connectivity index (χ4n) is 6.13. The molecule has 7 heteroatoms. The van der Waals surface area contributed by atoms with Crippen LogP contribution in [0.25, 0.3) is 0 Å². The number of amides is 3. The number of nitrogens with zero attached hydrogens (tertiary/aromatic N) is 3. The monoisotopic (exact) mass is 401 g/mol. The molecule has 0 aromatic rings. The number of hydrogen-bond acceptors (Lipinski definition) is 4. The van der Waals surface area contributed by atoms with Crippen LogP contribution < -0.4 is 0 Å². The van der Waals surface area contributed by atoms with Crippen LogP contribution in [0.2, 0.25) is 0 Å². The molecule has 0 aromatic carbocycles. The summed E-state index contributed by atoms with van der Waals surface area (Å²) in [4.78, 5) is 44.7. The van der Waals surface area contributed by atoms with E-state index in [4.69, 9.17) is 4.74 Å². The lowest BCUT2D eigenvalue weighted by molar-refractivity contribution is -0.150. The van der Waals surface area contributed by atoms with Crippen LogP contribution in [-0.2, 0) is 19.1 Å². The fourth-order valence-corrected chi connectivity index (χ4v) is 6.13. The van der Waals surface area contributed by atoms with Crippen molar-refractivity contribution < 1.29 is 19.1 Å². The maximum Gasteiger partial charge on any atom is 0.242 e. The van der Waals surface area contributed by atoms with E-state index >= 15 is 0 Å². The molecule has 3 amide bonds. The molecule has 158 valence electrons. The zero-order chi connectivity index (χ0) is 20.2. The normalized spacial score (nSPS) is 37.4. The van der Waals surface area contributed by atoms with Crippen molar-refractivity contribution in [1.82, 2.24) is 14.7 Å². The zero-order valence-corrected chi connectivity index (χ0v) is 17.2. The molecule has 5 rings (SSSR count). The van der Waals surface area contributed by atoms with Gasteiger partial charge in [-0.3, -0.25) is 14.4 Å². The molecule has 2 bridgehead atoms. The third-order valence-corrected chi connectivity index (χ3v) is 7.69. The average molecular weight is 402 g/mol. The first kappa shape index (κ1) is 19.1. The predicted molar refractivity (Wildman–Crippen MR) is 106 cm³/mol. The molecule has 7 nitrogen and oxygen atoms in total. The lowest BCUT2D eigenvalue weighted by Crippen LogP contribution is -2.55. The first-order chi connectivity index (χ1) is 14.0. The number of likely N-dealkylation sites (N-methyl/N-ethyl adjacent to an activating group) is 1. The summed E-state index contributed by atoms with van der Waals surface area (Å²) in [6.45, 7) is 4.39. The lowest BCUT2D eigenvalue weighted by atomic mass is 9.76. The molecule has 1 spiro atoms. The van der Waals surface area contributed by atoms with Crippen molar-refractivity contribution in [3.05, 3.63) is 12.2 Å². The van der Waals surface area contributed by atoms with E-state index in [2.05, 4.69) is 0 Å². The summed E-state index contributed by atoms with van der Waals surface area (Å²) < 4.78 is 6.28.